The molecule has 0 heterocycles. The maximum absolute atomic E-state index is 9.20. The molecule has 0 radical (unpaired) electrons. The molecule has 1 rings (SSSR count). The molecule has 0 unspecified atom stereocenters. The average Bonchev–Trinajstić information content (AvgIpc) is 2.48. The highest BCUT2D eigenvalue weighted by atomic mass is 16.3. The average molecular weight is 316 g/mol. The maximum atomic E-state index is 9.20. The Morgan fingerprint density at radius 2 is 1.68 bits per heavy atom. The van der Waals surface area contributed by atoms with Gasteiger partial charge in [-0.1, -0.05) is 19.8 Å². The van der Waals surface area contributed by atoms with Gasteiger partial charge in [0.05, 0.1) is 6.61 Å². The third-order valence-corrected chi connectivity index (χ3v) is 4.98. The summed E-state index contributed by atoms with van der Waals surface area (Å²) < 4.78 is 0. The predicted molar refractivity (Wildman–Crippen MR) is 89.9 cm³/mol. The number of aliphatic hydroxyl groups excluding tert-OH is 3. The Balaban J connectivity index is 2.17. The number of rotatable bonds is 14. The molecule has 22 heavy (non-hydrogen) atoms. The van der Waals surface area contributed by atoms with E-state index in [1.165, 1.54) is 19.3 Å². The van der Waals surface area contributed by atoms with Gasteiger partial charge in [-0.3, -0.25) is 4.90 Å². The van der Waals surface area contributed by atoms with Crippen LogP contribution in [0.1, 0.15) is 45.4 Å². The lowest BCUT2D eigenvalue weighted by molar-refractivity contribution is 0.0881. The first kappa shape index (κ1) is 19.8. The summed E-state index contributed by atoms with van der Waals surface area (Å²) in [6.07, 6.45) is 6.99. The first-order valence-corrected chi connectivity index (χ1v) is 9.04. The number of hydrogen-bond acceptors (Lipinski definition) is 5. The second-order valence-corrected chi connectivity index (χ2v) is 6.51. The molecule has 0 aromatic carbocycles. The molecule has 3 N–H and O–H groups in total. The zero-order valence-electron chi connectivity index (χ0n) is 14.3. The summed E-state index contributed by atoms with van der Waals surface area (Å²) in [6, 6.07) is 0.695. The molecule has 0 bridgehead atoms. The van der Waals surface area contributed by atoms with Gasteiger partial charge in [0.1, 0.15) is 0 Å². The van der Waals surface area contributed by atoms with Crippen molar-refractivity contribution in [3.05, 3.63) is 0 Å². The maximum Gasteiger partial charge on any atom is 0.0558 e. The van der Waals surface area contributed by atoms with Gasteiger partial charge < -0.3 is 20.2 Å². The minimum Gasteiger partial charge on any atom is -0.396 e. The van der Waals surface area contributed by atoms with Crippen molar-refractivity contribution in [3.8, 4) is 0 Å². The van der Waals surface area contributed by atoms with Crippen molar-refractivity contribution in [1.29, 1.82) is 0 Å². The number of likely N-dealkylation sites (N-methyl/N-ethyl adjacent to an activating group) is 1. The van der Waals surface area contributed by atoms with Crippen LogP contribution in [0.15, 0.2) is 0 Å². The molecule has 0 amide bonds. The van der Waals surface area contributed by atoms with Crippen LogP contribution < -0.4 is 0 Å². The Morgan fingerprint density at radius 1 is 0.955 bits per heavy atom. The molecule has 5 heteroatoms. The Bertz CT molecular complexity index is 258. The third-order valence-electron chi connectivity index (χ3n) is 4.98. The van der Waals surface area contributed by atoms with Gasteiger partial charge >= 0.3 is 0 Å². The van der Waals surface area contributed by atoms with Crippen LogP contribution in [0.2, 0.25) is 0 Å². The molecule has 0 spiro atoms. The Morgan fingerprint density at radius 3 is 2.18 bits per heavy atom. The minimum absolute atomic E-state index is 0.0498. The molecule has 132 valence electrons. The number of hydrogen-bond donors (Lipinski definition) is 3. The zero-order valence-corrected chi connectivity index (χ0v) is 14.3. The van der Waals surface area contributed by atoms with Gasteiger partial charge in [-0.2, -0.15) is 0 Å². The molecule has 0 aromatic rings. The highest BCUT2D eigenvalue weighted by molar-refractivity contribution is 4.80. The lowest BCUT2D eigenvalue weighted by Gasteiger charge is -2.38. The van der Waals surface area contributed by atoms with Crippen LogP contribution in [0.5, 0.6) is 0 Å². The van der Waals surface area contributed by atoms with Crippen molar-refractivity contribution in [2.45, 2.75) is 51.5 Å². The molecule has 0 aromatic heterocycles. The smallest absolute Gasteiger partial charge is 0.0558 e. The zero-order chi connectivity index (χ0) is 16.2. The van der Waals surface area contributed by atoms with E-state index in [2.05, 4.69) is 16.7 Å². The molecule has 0 atom stereocenters. The Kier molecular flexibility index (Phi) is 11.1. The summed E-state index contributed by atoms with van der Waals surface area (Å²) in [6.45, 7) is 7.69. The van der Waals surface area contributed by atoms with Crippen molar-refractivity contribution >= 4 is 0 Å². The molecule has 0 aliphatic heterocycles. The summed E-state index contributed by atoms with van der Waals surface area (Å²) in [5.74, 6) is 0.0498. The molecular weight excluding hydrogens is 280 g/mol. The van der Waals surface area contributed by atoms with Gasteiger partial charge in [-0.25, -0.2) is 0 Å². The molecule has 0 saturated heterocycles. The summed E-state index contributed by atoms with van der Waals surface area (Å²) in [4.78, 5) is 4.91. The van der Waals surface area contributed by atoms with Crippen LogP contribution in [0.3, 0.4) is 0 Å². The van der Waals surface area contributed by atoms with E-state index in [1.807, 2.05) is 0 Å². The number of aliphatic hydroxyl groups is 3. The number of nitrogens with zero attached hydrogens (tertiary/aromatic N) is 2. The Hall–Kier alpha value is -0.200. The molecule has 1 fully saturated rings. The van der Waals surface area contributed by atoms with E-state index < -0.39 is 0 Å². The van der Waals surface area contributed by atoms with Crippen LogP contribution in [-0.2, 0) is 0 Å². The van der Waals surface area contributed by atoms with E-state index in [-0.39, 0.29) is 25.7 Å². The summed E-state index contributed by atoms with van der Waals surface area (Å²) in [5, 5.41) is 27.3. The standard InChI is InChI=1S/C17H36N2O3/c1-2-18(9-4-3-6-16(14-21)15-22)10-11-19(12-13-20)17-7-5-8-17/h16-17,20-22H,2-15H2,1H3. The fourth-order valence-corrected chi connectivity index (χ4v) is 3.06. The van der Waals surface area contributed by atoms with Crippen LogP contribution >= 0.6 is 0 Å². The summed E-state index contributed by atoms with van der Waals surface area (Å²) in [7, 11) is 0. The van der Waals surface area contributed by atoms with Gasteiger partial charge in [0, 0.05) is 44.8 Å². The molecule has 1 aliphatic rings. The van der Waals surface area contributed by atoms with Crippen molar-refractivity contribution < 1.29 is 15.3 Å². The monoisotopic (exact) mass is 316 g/mol. The van der Waals surface area contributed by atoms with Gasteiger partial charge in [0.2, 0.25) is 0 Å². The lowest BCUT2D eigenvalue weighted by Crippen LogP contribution is -2.45. The number of unbranched alkanes of at least 4 members (excludes halogenated alkanes) is 1. The van der Waals surface area contributed by atoms with E-state index in [0.29, 0.717) is 6.04 Å². The first-order chi connectivity index (χ1) is 10.7. The largest absolute Gasteiger partial charge is 0.396 e. The third kappa shape index (κ3) is 7.38. The van der Waals surface area contributed by atoms with E-state index >= 15 is 0 Å². The lowest BCUT2D eigenvalue weighted by atomic mass is 9.91. The van der Waals surface area contributed by atoms with Crippen LogP contribution in [0.25, 0.3) is 0 Å². The van der Waals surface area contributed by atoms with Gasteiger partial charge in [0.25, 0.3) is 0 Å². The van der Waals surface area contributed by atoms with Crippen molar-refractivity contribution in [2.75, 3.05) is 52.5 Å². The molecule has 1 saturated carbocycles. The van der Waals surface area contributed by atoms with E-state index in [1.54, 1.807) is 0 Å². The van der Waals surface area contributed by atoms with Crippen LogP contribution in [0.4, 0.5) is 0 Å². The molecule has 5 nitrogen and oxygen atoms in total. The van der Waals surface area contributed by atoms with Gasteiger partial charge in [0.15, 0.2) is 0 Å². The highest BCUT2D eigenvalue weighted by Gasteiger charge is 2.24. The topological polar surface area (TPSA) is 67.2 Å². The normalized spacial score (nSPS) is 16.0. The van der Waals surface area contributed by atoms with Crippen LogP contribution in [0, 0.1) is 5.92 Å². The Labute approximate surface area is 135 Å². The fourth-order valence-electron chi connectivity index (χ4n) is 3.06. The fraction of sp³-hybridized carbons (Fsp3) is 1.00. The second-order valence-electron chi connectivity index (χ2n) is 6.51. The van der Waals surface area contributed by atoms with Gasteiger partial charge in [-0.15, -0.1) is 0 Å². The predicted octanol–water partition coefficient (Wildman–Crippen LogP) is 0.926. The second kappa shape index (κ2) is 12.3. The van der Waals surface area contributed by atoms with Crippen molar-refractivity contribution in [3.63, 3.8) is 0 Å². The SMILES string of the molecule is CCN(CCCCC(CO)CO)CCN(CCO)C1CCC1. The van der Waals surface area contributed by atoms with E-state index in [9.17, 15) is 5.11 Å². The molecular formula is C17H36N2O3. The minimum atomic E-state index is 0.0498. The quantitative estimate of drug-likeness (QED) is 0.416. The first-order valence-electron chi connectivity index (χ1n) is 9.04. The van der Waals surface area contributed by atoms with E-state index in [0.717, 1.165) is 52.0 Å². The summed E-state index contributed by atoms with van der Waals surface area (Å²) >= 11 is 0. The van der Waals surface area contributed by atoms with Crippen molar-refractivity contribution in [2.24, 2.45) is 5.92 Å². The van der Waals surface area contributed by atoms with Gasteiger partial charge in [-0.05, 0) is 38.8 Å². The summed E-state index contributed by atoms with van der Waals surface area (Å²) in [5.41, 5.74) is 0. The van der Waals surface area contributed by atoms with E-state index in [4.69, 9.17) is 10.2 Å². The highest BCUT2D eigenvalue weighted by Crippen LogP contribution is 2.24. The molecule has 1 aliphatic carbocycles. The van der Waals surface area contributed by atoms with Crippen LogP contribution in [-0.4, -0.2) is 83.7 Å². The van der Waals surface area contributed by atoms with Crippen molar-refractivity contribution in [1.82, 2.24) is 9.80 Å².